The third-order valence-electron chi connectivity index (χ3n) is 2.18. The summed E-state index contributed by atoms with van der Waals surface area (Å²) >= 11 is 1.21. The van der Waals surface area contributed by atoms with Gasteiger partial charge in [0.05, 0.1) is 24.7 Å². The number of primary amides is 1. The average Bonchev–Trinajstić information content (AvgIpc) is 2.98. The van der Waals surface area contributed by atoms with Crippen LogP contribution in [-0.4, -0.2) is 34.1 Å². The Morgan fingerprint density at radius 1 is 1.53 bits per heavy atom. The summed E-state index contributed by atoms with van der Waals surface area (Å²) in [7, 11) is 1.55. The van der Waals surface area contributed by atoms with Gasteiger partial charge in [0.1, 0.15) is 15.6 Å². The number of hydrogen-bond acceptors (Lipinski definition) is 6. The van der Waals surface area contributed by atoms with Crippen molar-refractivity contribution in [1.82, 2.24) is 15.2 Å². The Balaban J connectivity index is 2.11. The molecular formula is C10H11N5O3S. The number of rotatable bonds is 5. The second-order valence-corrected chi connectivity index (χ2v) is 4.64. The number of aromatic nitrogens is 3. The number of hydrogen-bond donors (Lipinski definition) is 3. The predicted octanol–water partition coefficient (Wildman–Crippen LogP) is 0.364. The van der Waals surface area contributed by atoms with Gasteiger partial charge in [-0.3, -0.25) is 14.7 Å². The first-order valence-electron chi connectivity index (χ1n) is 5.20. The minimum absolute atomic E-state index is 0.0509. The van der Waals surface area contributed by atoms with Crippen LogP contribution in [0.1, 0.15) is 25.2 Å². The topological polar surface area (TPSA) is 123 Å². The van der Waals surface area contributed by atoms with Crippen LogP contribution in [0.4, 0.5) is 5.69 Å². The van der Waals surface area contributed by atoms with Gasteiger partial charge in [0, 0.05) is 7.11 Å². The zero-order valence-corrected chi connectivity index (χ0v) is 10.8. The van der Waals surface area contributed by atoms with E-state index in [1.54, 1.807) is 7.11 Å². The van der Waals surface area contributed by atoms with Crippen molar-refractivity contribution in [2.24, 2.45) is 5.73 Å². The number of nitrogens with one attached hydrogen (secondary N) is 2. The van der Waals surface area contributed by atoms with Gasteiger partial charge in [-0.05, 0) is 0 Å². The van der Waals surface area contributed by atoms with E-state index in [1.165, 1.54) is 23.7 Å². The molecule has 19 heavy (non-hydrogen) atoms. The third kappa shape index (κ3) is 2.95. The number of amides is 2. The number of methoxy groups -OCH3 is 1. The zero-order chi connectivity index (χ0) is 13.8. The monoisotopic (exact) mass is 281 g/mol. The molecule has 0 fully saturated rings. The first kappa shape index (κ1) is 13.2. The minimum atomic E-state index is -0.697. The van der Waals surface area contributed by atoms with E-state index in [0.29, 0.717) is 16.5 Å². The van der Waals surface area contributed by atoms with Crippen LogP contribution in [-0.2, 0) is 11.3 Å². The van der Waals surface area contributed by atoms with Gasteiger partial charge < -0.3 is 15.8 Å². The summed E-state index contributed by atoms with van der Waals surface area (Å²) in [6, 6.07) is 0. The molecule has 2 aromatic rings. The smallest absolute Gasteiger partial charge is 0.268 e. The van der Waals surface area contributed by atoms with Crippen LogP contribution < -0.4 is 11.1 Å². The lowest BCUT2D eigenvalue weighted by Gasteiger charge is -2.01. The maximum absolute atomic E-state index is 11.9. The third-order valence-corrected chi connectivity index (χ3v) is 3.15. The molecule has 9 heteroatoms. The van der Waals surface area contributed by atoms with Gasteiger partial charge in [-0.15, -0.1) is 11.3 Å². The van der Waals surface area contributed by atoms with Gasteiger partial charge in [0.2, 0.25) is 0 Å². The van der Waals surface area contributed by atoms with Crippen molar-refractivity contribution in [3.63, 3.8) is 0 Å². The number of carbonyl (C=O) groups is 2. The van der Waals surface area contributed by atoms with Crippen LogP contribution in [0.15, 0.2) is 12.4 Å². The molecule has 0 aliphatic heterocycles. The number of nitrogens with zero attached hydrogens (tertiary/aromatic N) is 2. The standard InChI is InChI=1S/C10H11N5O3S/c1-18-4-7-12-3-6(19-7)10(17)14-5-2-13-15-8(5)9(11)16/h2-3H,4H2,1H3,(H2,11,16)(H,13,15)(H,14,17). The van der Waals surface area contributed by atoms with Crippen LogP contribution in [0.2, 0.25) is 0 Å². The van der Waals surface area contributed by atoms with Gasteiger partial charge >= 0.3 is 0 Å². The van der Waals surface area contributed by atoms with E-state index in [2.05, 4.69) is 20.5 Å². The number of H-pyrrole nitrogens is 1. The van der Waals surface area contributed by atoms with Crippen LogP contribution >= 0.6 is 11.3 Å². The molecule has 0 atom stereocenters. The van der Waals surface area contributed by atoms with E-state index in [4.69, 9.17) is 10.5 Å². The highest BCUT2D eigenvalue weighted by molar-refractivity contribution is 7.13. The van der Waals surface area contributed by atoms with Crippen molar-refractivity contribution in [3.05, 3.63) is 28.0 Å². The molecule has 0 saturated carbocycles. The Hall–Kier alpha value is -2.26. The molecule has 0 aliphatic carbocycles. The molecule has 4 N–H and O–H groups in total. The molecule has 0 spiro atoms. The maximum Gasteiger partial charge on any atom is 0.268 e. The molecule has 100 valence electrons. The lowest BCUT2D eigenvalue weighted by atomic mass is 10.3. The first-order valence-corrected chi connectivity index (χ1v) is 6.01. The summed E-state index contributed by atoms with van der Waals surface area (Å²) in [5.41, 5.74) is 5.42. The van der Waals surface area contributed by atoms with Gasteiger partial charge in [0.15, 0.2) is 0 Å². The SMILES string of the molecule is COCc1ncc(C(=O)Nc2cn[nH]c2C(N)=O)s1. The van der Waals surface area contributed by atoms with Crippen molar-refractivity contribution >= 4 is 28.8 Å². The highest BCUT2D eigenvalue weighted by Gasteiger charge is 2.16. The summed E-state index contributed by atoms with van der Waals surface area (Å²) < 4.78 is 4.92. The van der Waals surface area contributed by atoms with Crippen molar-refractivity contribution < 1.29 is 14.3 Å². The molecule has 0 bridgehead atoms. The Kier molecular flexibility index (Phi) is 3.88. The predicted molar refractivity (Wildman–Crippen MR) is 67.9 cm³/mol. The molecule has 8 nitrogen and oxygen atoms in total. The molecule has 2 aromatic heterocycles. The Labute approximate surface area is 112 Å². The summed E-state index contributed by atoms with van der Waals surface area (Å²) in [6.07, 6.45) is 2.76. The summed E-state index contributed by atoms with van der Waals surface area (Å²) in [6.45, 7) is 0.343. The Bertz CT molecular complexity index is 606. The Morgan fingerprint density at radius 3 is 3.00 bits per heavy atom. The minimum Gasteiger partial charge on any atom is -0.378 e. The second kappa shape index (κ2) is 5.59. The Morgan fingerprint density at radius 2 is 2.32 bits per heavy atom. The summed E-state index contributed by atoms with van der Waals surface area (Å²) in [4.78, 5) is 27.4. The quantitative estimate of drug-likeness (QED) is 0.730. The van der Waals surface area contributed by atoms with Crippen molar-refractivity contribution in [3.8, 4) is 0 Å². The lowest BCUT2D eigenvalue weighted by Crippen LogP contribution is -2.17. The second-order valence-electron chi connectivity index (χ2n) is 3.53. The van der Waals surface area contributed by atoms with E-state index in [9.17, 15) is 9.59 Å². The molecule has 2 heterocycles. The normalized spacial score (nSPS) is 10.4. The lowest BCUT2D eigenvalue weighted by molar-refractivity contribution is 0.0996. The van der Waals surface area contributed by atoms with E-state index in [-0.39, 0.29) is 17.3 Å². The molecule has 0 radical (unpaired) electrons. The number of aromatic amines is 1. The zero-order valence-electron chi connectivity index (χ0n) is 9.97. The van der Waals surface area contributed by atoms with Gasteiger partial charge in [0.25, 0.3) is 11.8 Å². The van der Waals surface area contributed by atoms with E-state index < -0.39 is 5.91 Å². The fourth-order valence-electron chi connectivity index (χ4n) is 1.36. The maximum atomic E-state index is 11.9. The number of carbonyl (C=O) groups excluding carboxylic acids is 2. The summed E-state index contributed by atoms with van der Waals surface area (Å²) in [5, 5.41) is 9.30. The average molecular weight is 281 g/mol. The van der Waals surface area contributed by atoms with Crippen molar-refractivity contribution in [2.45, 2.75) is 6.61 Å². The molecule has 0 unspecified atom stereocenters. The number of ether oxygens (including phenoxy) is 1. The molecule has 0 aliphatic rings. The highest BCUT2D eigenvalue weighted by atomic mass is 32.1. The summed E-state index contributed by atoms with van der Waals surface area (Å²) in [5.74, 6) is -1.08. The van der Waals surface area contributed by atoms with Crippen LogP contribution in [0, 0.1) is 0 Å². The van der Waals surface area contributed by atoms with E-state index in [1.807, 2.05) is 0 Å². The van der Waals surface area contributed by atoms with Gasteiger partial charge in [-0.1, -0.05) is 0 Å². The van der Waals surface area contributed by atoms with Crippen molar-refractivity contribution in [1.29, 1.82) is 0 Å². The first-order chi connectivity index (χ1) is 9.11. The van der Waals surface area contributed by atoms with Gasteiger partial charge in [-0.2, -0.15) is 5.10 Å². The van der Waals surface area contributed by atoms with Crippen molar-refractivity contribution in [2.75, 3.05) is 12.4 Å². The molecule has 0 aromatic carbocycles. The van der Waals surface area contributed by atoms with Crippen LogP contribution in [0.5, 0.6) is 0 Å². The van der Waals surface area contributed by atoms with E-state index in [0.717, 1.165) is 0 Å². The van der Waals surface area contributed by atoms with Crippen LogP contribution in [0.3, 0.4) is 0 Å². The van der Waals surface area contributed by atoms with Gasteiger partial charge in [-0.25, -0.2) is 4.98 Å². The highest BCUT2D eigenvalue weighted by Crippen LogP contribution is 2.17. The molecular weight excluding hydrogens is 270 g/mol. The fourth-order valence-corrected chi connectivity index (χ4v) is 2.14. The number of thiazole rings is 1. The largest absolute Gasteiger partial charge is 0.378 e. The number of nitrogens with two attached hydrogens (primary N) is 1. The molecule has 2 rings (SSSR count). The molecule has 0 saturated heterocycles. The van der Waals surface area contributed by atoms with Crippen LogP contribution in [0.25, 0.3) is 0 Å². The van der Waals surface area contributed by atoms with E-state index >= 15 is 0 Å². The molecule has 2 amide bonds. The fraction of sp³-hybridized carbons (Fsp3) is 0.200. The number of anilines is 1.